The maximum absolute atomic E-state index is 11.9. The summed E-state index contributed by atoms with van der Waals surface area (Å²) in [5, 5.41) is 4.83. The van der Waals surface area contributed by atoms with Crippen LogP contribution in [0.1, 0.15) is 12.1 Å². The number of aromatic amines is 2. The van der Waals surface area contributed by atoms with Crippen molar-refractivity contribution in [2.75, 3.05) is 5.32 Å². The SMILES string of the molecule is O=C(CCc1cscn1)Nc1ccc2[nH]c(=S)[nH]c2c1. The lowest BCUT2D eigenvalue weighted by Crippen LogP contribution is -2.12. The summed E-state index contributed by atoms with van der Waals surface area (Å²) in [4.78, 5) is 22.1. The highest BCUT2D eigenvalue weighted by Gasteiger charge is 2.05. The van der Waals surface area contributed by atoms with Crippen LogP contribution >= 0.6 is 23.6 Å². The third-order valence-electron chi connectivity index (χ3n) is 2.89. The first-order valence-electron chi connectivity index (χ1n) is 6.10. The molecular weight excluding hydrogens is 292 g/mol. The Kier molecular flexibility index (Phi) is 3.62. The van der Waals surface area contributed by atoms with Crippen molar-refractivity contribution in [3.8, 4) is 0 Å². The maximum atomic E-state index is 11.9. The third kappa shape index (κ3) is 2.94. The number of rotatable bonds is 4. The molecule has 5 nitrogen and oxygen atoms in total. The number of fused-ring (bicyclic) bond motifs is 1. The van der Waals surface area contributed by atoms with Crippen LogP contribution in [0.2, 0.25) is 0 Å². The van der Waals surface area contributed by atoms with Gasteiger partial charge in [0.25, 0.3) is 0 Å². The molecule has 2 aromatic heterocycles. The summed E-state index contributed by atoms with van der Waals surface area (Å²) in [5.74, 6) is -0.0218. The van der Waals surface area contributed by atoms with E-state index in [0.29, 0.717) is 17.6 Å². The van der Waals surface area contributed by atoms with Crippen LogP contribution in [0.15, 0.2) is 29.1 Å². The van der Waals surface area contributed by atoms with E-state index in [2.05, 4.69) is 20.3 Å². The van der Waals surface area contributed by atoms with Crippen molar-refractivity contribution in [1.82, 2.24) is 15.0 Å². The quantitative estimate of drug-likeness (QED) is 0.648. The Balaban J connectivity index is 1.66. The van der Waals surface area contributed by atoms with Crippen LogP contribution in [-0.4, -0.2) is 20.9 Å². The van der Waals surface area contributed by atoms with E-state index in [9.17, 15) is 4.79 Å². The van der Waals surface area contributed by atoms with Gasteiger partial charge in [-0.1, -0.05) is 0 Å². The average Bonchev–Trinajstić information content (AvgIpc) is 3.04. The minimum Gasteiger partial charge on any atom is -0.331 e. The molecule has 3 aromatic rings. The number of thiazole rings is 1. The summed E-state index contributed by atoms with van der Waals surface area (Å²) < 4.78 is 0.576. The number of imidazole rings is 1. The number of amides is 1. The molecule has 20 heavy (non-hydrogen) atoms. The number of aryl methyl sites for hydroxylation is 1. The van der Waals surface area contributed by atoms with Crippen LogP contribution in [0.4, 0.5) is 5.69 Å². The molecule has 0 radical (unpaired) electrons. The van der Waals surface area contributed by atoms with Gasteiger partial charge in [0, 0.05) is 17.5 Å². The topological polar surface area (TPSA) is 73.6 Å². The van der Waals surface area contributed by atoms with E-state index in [1.54, 1.807) is 5.51 Å². The van der Waals surface area contributed by atoms with Gasteiger partial charge in [0.2, 0.25) is 5.91 Å². The van der Waals surface area contributed by atoms with Crippen molar-refractivity contribution in [2.45, 2.75) is 12.8 Å². The van der Waals surface area contributed by atoms with Crippen molar-refractivity contribution in [3.63, 3.8) is 0 Å². The van der Waals surface area contributed by atoms with E-state index in [-0.39, 0.29) is 5.91 Å². The highest BCUT2D eigenvalue weighted by atomic mass is 32.1. The third-order valence-corrected chi connectivity index (χ3v) is 3.73. The molecule has 1 amide bonds. The van der Waals surface area contributed by atoms with Gasteiger partial charge in [0.1, 0.15) is 0 Å². The molecule has 102 valence electrons. The average molecular weight is 304 g/mol. The van der Waals surface area contributed by atoms with Crippen molar-refractivity contribution in [3.05, 3.63) is 39.6 Å². The molecule has 0 spiro atoms. The van der Waals surface area contributed by atoms with Crippen LogP contribution in [0.5, 0.6) is 0 Å². The van der Waals surface area contributed by atoms with Crippen molar-refractivity contribution in [2.24, 2.45) is 0 Å². The van der Waals surface area contributed by atoms with Crippen LogP contribution < -0.4 is 5.32 Å². The number of carbonyl (C=O) groups is 1. The van der Waals surface area contributed by atoms with Crippen LogP contribution in [0.3, 0.4) is 0 Å². The summed E-state index contributed by atoms with van der Waals surface area (Å²) in [6.45, 7) is 0. The summed E-state index contributed by atoms with van der Waals surface area (Å²) in [6.07, 6.45) is 1.08. The lowest BCUT2D eigenvalue weighted by atomic mass is 10.2. The second-order valence-corrected chi connectivity index (χ2v) is 5.49. The number of hydrogen-bond donors (Lipinski definition) is 3. The molecule has 2 heterocycles. The number of hydrogen-bond acceptors (Lipinski definition) is 4. The van der Waals surface area contributed by atoms with Gasteiger partial charge in [-0.15, -0.1) is 11.3 Å². The predicted molar refractivity (Wildman–Crippen MR) is 82.5 cm³/mol. The van der Waals surface area contributed by atoms with Gasteiger partial charge in [-0.05, 0) is 36.8 Å². The second-order valence-electron chi connectivity index (χ2n) is 4.37. The van der Waals surface area contributed by atoms with E-state index < -0.39 is 0 Å². The largest absolute Gasteiger partial charge is 0.331 e. The highest BCUT2D eigenvalue weighted by molar-refractivity contribution is 7.71. The number of nitrogens with zero attached hydrogens (tertiary/aromatic N) is 1. The Labute approximate surface area is 124 Å². The summed E-state index contributed by atoms with van der Waals surface area (Å²) in [5.41, 5.74) is 5.29. The summed E-state index contributed by atoms with van der Waals surface area (Å²) >= 11 is 6.57. The lowest BCUT2D eigenvalue weighted by Gasteiger charge is -2.04. The smallest absolute Gasteiger partial charge is 0.224 e. The number of anilines is 1. The van der Waals surface area contributed by atoms with Crippen molar-refractivity contribution < 1.29 is 4.79 Å². The molecule has 0 unspecified atom stereocenters. The van der Waals surface area contributed by atoms with Gasteiger partial charge in [-0.2, -0.15) is 0 Å². The molecular formula is C13H12N4OS2. The van der Waals surface area contributed by atoms with Crippen molar-refractivity contribution >= 4 is 46.2 Å². The van der Waals surface area contributed by atoms with Crippen LogP contribution in [-0.2, 0) is 11.2 Å². The monoisotopic (exact) mass is 304 g/mol. The molecule has 1 aromatic carbocycles. The molecule has 0 bridgehead atoms. The van der Waals surface area contributed by atoms with Gasteiger partial charge in [0.15, 0.2) is 4.77 Å². The Morgan fingerprint density at radius 2 is 2.20 bits per heavy atom. The Hall–Kier alpha value is -1.99. The van der Waals surface area contributed by atoms with E-state index >= 15 is 0 Å². The molecule has 0 saturated heterocycles. The number of H-pyrrole nitrogens is 2. The Morgan fingerprint density at radius 1 is 1.35 bits per heavy atom. The molecule has 0 saturated carbocycles. The first-order chi connectivity index (χ1) is 9.70. The molecule has 0 aliphatic carbocycles. The molecule has 0 aliphatic rings. The number of aromatic nitrogens is 3. The fraction of sp³-hybridized carbons (Fsp3) is 0.154. The number of benzene rings is 1. The number of carbonyl (C=O) groups excluding carboxylic acids is 1. The standard InChI is InChI=1S/C13H12N4OS2/c18-12(4-2-9-6-20-7-14-9)15-8-1-3-10-11(5-8)17-13(19)16-10/h1,3,5-7H,2,4H2,(H,15,18)(H2,16,17,19). The van der Waals surface area contributed by atoms with E-state index in [1.807, 2.05) is 23.6 Å². The fourth-order valence-corrected chi connectivity index (χ4v) is 2.75. The Morgan fingerprint density at radius 3 is 3.00 bits per heavy atom. The molecule has 3 rings (SSSR count). The van der Waals surface area contributed by atoms with Crippen LogP contribution in [0, 0.1) is 4.77 Å². The first-order valence-corrected chi connectivity index (χ1v) is 7.45. The zero-order valence-electron chi connectivity index (χ0n) is 10.5. The van der Waals surface area contributed by atoms with E-state index in [0.717, 1.165) is 22.4 Å². The van der Waals surface area contributed by atoms with Gasteiger partial charge < -0.3 is 15.3 Å². The van der Waals surface area contributed by atoms with Gasteiger partial charge in [0.05, 0.1) is 22.2 Å². The first kappa shape index (κ1) is 13.0. The summed E-state index contributed by atoms with van der Waals surface area (Å²) in [7, 11) is 0. The van der Waals surface area contributed by atoms with Crippen LogP contribution in [0.25, 0.3) is 11.0 Å². The molecule has 3 N–H and O–H groups in total. The molecule has 7 heteroatoms. The lowest BCUT2D eigenvalue weighted by molar-refractivity contribution is -0.116. The highest BCUT2D eigenvalue weighted by Crippen LogP contribution is 2.16. The normalized spacial score (nSPS) is 10.8. The number of nitrogens with one attached hydrogen (secondary N) is 3. The minimum absolute atomic E-state index is 0.0218. The zero-order chi connectivity index (χ0) is 13.9. The van der Waals surface area contributed by atoms with E-state index in [4.69, 9.17) is 12.2 Å². The molecule has 0 aliphatic heterocycles. The fourth-order valence-electron chi connectivity index (χ4n) is 1.94. The van der Waals surface area contributed by atoms with E-state index in [1.165, 1.54) is 11.3 Å². The molecule has 0 atom stereocenters. The van der Waals surface area contributed by atoms with Crippen molar-refractivity contribution in [1.29, 1.82) is 0 Å². The summed E-state index contributed by atoms with van der Waals surface area (Å²) in [6, 6.07) is 5.60. The minimum atomic E-state index is -0.0218. The van der Waals surface area contributed by atoms with Gasteiger partial charge in [-0.25, -0.2) is 4.98 Å². The molecule has 0 fully saturated rings. The Bertz CT molecular complexity index is 788. The zero-order valence-corrected chi connectivity index (χ0v) is 12.1. The van der Waals surface area contributed by atoms with Gasteiger partial charge in [-0.3, -0.25) is 4.79 Å². The second kappa shape index (κ2) is 5.56. The van der Waals surface area contributed by atoms with Gasteiger partial charge >= 0.3 is 0 Å². The maximum Gasteiger partial charge on any atom is 0.224 e. The predicted octanol–water partition coefficient (Wildman–Crippen LogP) is 3.25.